The molecule has 0 atom stereocenters. The molecule has 0 heterocycles. The number of nitrogens with one attached hydrogen (secondary N) is 1. The molecule has 4 heteroatoms. The molecule has 1 aromatic rings. The molecule has 0 unspecified atom stereocenters. The van der Waals surface area contributed by atoms with E-state index in [2.05, 4.69) is 36.5 Å². The molecule has 1 N–H and O–H groups in total. The highest BCUT2D eigenvalue weighted by molar-refractivity contribution is 5.22. The first-order valence-corrected chi connectivity index (χ1v) is 7.29. The van der Waals surface area contributed by atoms with Crippen LogP contribution in [0.15, 0.2) is 24.3 Å². The lowest BCUT2D eigenvalue weighted by Crippen LogP contribution is -2.20. The molecule has 0 fully saturated rings. The van der Waals surface area contributed by atoms with Crippen molar-refractivity contribution in [3.05, 3.63) is 35.4 Å². The number of hydrogen-bond acceptors (Lipinski definition) is 4. The molecule has 0 saturated heterocycles. The molecule has 0 aromatic heterocycles. The van der Waals surface area contributed by atoms with Crippen LogP contribution in [0.2, 0.25) is 0 Å². The van der Waals surface area contributed by atoms with E-state index in [1.807, 2.05) is 0 Å². The van der Waals surface area contributed by atoms with Gasteiger partial charge in [0.1, 0.15) is 0 Å². The zero-order chi connectivity index (χ0) is 14.5. The largest absolute Gasteiger partial charge is 0.382 e. The Balaban J connectivity index is 0.00000400. The van der Waals surface area contributed by atoms with Crippen LogP contribution in [0.1, 0.15) is 19.5 Å². The Morgan fingerprint density at radius 1 is 0.900 bits per heavy atom. The van der Waals surface area contributed by atoms with Crippen LogP contribution >= 0.6 is 0 Å². The third-order valence-corrected chi connectivity index (χ3v) is 2.99. The normalized spacial score (nSPS) is 10.9. The number of ether oxygens (including phenoxy) is 3. The Bertz CT molecular complexity index is 333. The molecular weight excluding hydrogens is 254 g/mol. The van der Waals surface area contributed by atoms with E-state index in [9.17, 15) is 0 Å². The van der Waals surface area contributed by atoms with Crippen LogP contribution in [0.3, 0.4) is 0 Å². The van der Waals surface area contributed by atoms with Crippen molar-refractivity contribution >= 4 is 0 Å². The van der Waals surface area contributed by atoms with Gasteiger partial charge in [0.15, 0.2) is 0 Å². The van der Waals surface area contributed by atoms with Crippen molar-refractivity contribution in [2.45, 2.75) is 19.9 Å². The molecule has 20 heavy (non-hydrogen) atoms. The summed E-state index contributed by atoms with van der Waals surface area (Å²) in [5, 5.41) is 3.36. The van der Waals surface area contributed by atoms with Gasteiger partial charge in [0.05, 0.1) is 33.0 Å². The van der Waals surface area contributed by atoms with Crippen molar-refractivity contribution in [3.63, 3.8) is 0 Å². The molecule has 0 spiro atoms. The highest BCUT2D eigenvalue weighted by Gasteiger charge is 1.94. The van der Waals surface area contributed by atoms with Crippen LogP contribution in [-0.4, -0.2) is 46.7 Å². The van der Waals surface area contributed by atoms with E-state index in [0.29, 0.717) is 33.0 Å². The van der Waals surface area contributed by atoms with Crippen molar-refractivity contribution in [2.24, 2.45) is 0 Å². The van der Waals surface area contributed by atoms with Crippen LogP contribution in [0.25, 0.3) is 0 Å². The minimum absolute atomic E-state index is 0. The van der Waals surface area contributed by atoms with Gasteiger partial charge in [-0.1, -0.05) is 31.2 Å². The zero-order valence-electron chi connectivity index (χ0n) is 12.7. The van der Waals surface area contributed by atoms with Crippen molar-refractivity contribution in [3.8, 4) is 0 Å². The Morgan fingerprint density at radius 3 is 2.15 bits per heavy atom. The van der Waals surface area contributed by atoms with E-state index >= 15 is 0 Å². The number of methoxy groups -OCH3 is 1. The average molecular weight is 283 g/mol. The zero-order valence-corrected chi connectivity index (χ0v) is 12.7. The lowest BCUT2D eigenvalue weighted by Gasteiger charge is -2.07. The van der Waals surface area contributed by atoms with E-state index in [0.717, 1.165) is 19.5 Å². The van der Waals surface area contributed by atoms with Crippen molar-refractivity contribution in [1.29, 1.82) is 0 Å². The highest BCUT2D eigenvalue weighted by atomic mass is 16.5. The topological polar surface area (TPSA) is 39.7 Å². The minimum atomic E-state index is 0. The van der Waals surface area contributed by atoms with Gasteiger partial charge in [-0.25, -0.2) is 0 Å². The maximum Gasteiger partial charge on any atom is 0.0701 e. The quantitative estimate of drug-likeness (QED) is 0.597. The molecule has 1 rings (SSSR count). The van der Waals surface area contributed by atoms with E-state index in [-0.39, 0.29) is 1.43 Å². The van der Waals surface area contributed by atoms with Gasteiger partial charge in [0.2, 0.25) is 0 Å². The predicted molar refractivity (Wildman–Crippen MR) is 83.2 cm³/mol. The average Bonchev–Trinajstić information content (AvgIpc) is 2.50. The summed E-state index contributed by atoms with van der Waals surface area (Å²) in [6, 6.07) is 8.72. The van der Waals surface area contributed by atoms with Gasteiger partial charge in [0.25, 0.3) is 0 Å². The standard InChI is InChI=1S/C16H27NO3.H2/c1-3-15-4-6-16(7-5-15)14-17-8-9-19-12-13-20-11-10-18-2;/h4-7,17H,3,8-14H2,1-2H3;1H. The van der Waals surface area contributed by atoms with E-state index in [1.165, 1.54) is 11.1 Å². The Labute approximate surface area is 123 Å². The first kappa shape index (κ1) is 17.1. The van der Waals surface area contributed by atoms with Gasteiger partial charge in [-0.3, -0.25) is 0 Å². The monoisotopic (exact) mass is 283 g/mol. The molecule has 0 aliphatic heterocycles. The van der Waals surface area contributed by atoms with Gasteiger partial charge >= 0.3 is 0 Å². The fourth-order valence-corrected chi connectivity index (χ4v) is 1.73. The van der Waals surface area contributed by atoms with Crippen LogP contribution in [0, 0.1) is 0 Å². The summed E-state index contributed by atoms with van der Waals surface area (Å²) in [6.45, 7) is 7.15. The molecule has 0 radical (unpaired) electrons. The third kappa shape index (κ3) is 8.27. The smallest absolute Gasteiger partial charge is 0.0701 e. The molecule has 0 bridgehead atoms. The fraction of sp³-hybridized carbons (Fsp3) is 0.625. The molecule has 0 amide bonds. The second-order valence-electron chi connectivity index (χ2n) is 4.56. The van der Waals surface area contributed by atoms with Gasteiger partial charge in [0, 0.05) is 21.6 Å². The van der Waals surface area contributed by atoms with Crippen molar-refractivity contribution in [1.82, 2.24) is 5.32 Å². The SMILES string of the molecule is CCc1ccc(CNCCOCCOCCOC)cc1.[HH]. The summed E-state index contributed by atoms with van der Waals surface area (Å²) in [5.74, 6) is 0. The van der Waals surface area contributed by atoms with Crippen LogP contribution in [-0.2, 0) is 27.2 Å². The summed E-state index contributed by atoms with van der Waals surface area (Å²) in [6.07, 6.45) is 1.09. The van der Waals surface area contributed by atoms with Gasteiger partial charge in [-0.05, 0) is 17.5 Å². The number of benzene rings is 1. The summed E-state index contributed by atoms with van der Waals surface area (Å²) >= 11 is 0. The lowest BCUT2D eigenvalue weighted by atomic mass is 10.1. The molecule has 1 aromatic carbocycles. The Morgan fingerprint density at radius 2 is 1.50 bits per heavy atom. The Hall–Kier alpha value is -0.940. The first-order valence-electron chi connectivity index (χ1n) is 7.29. The van der Waals surface area contributed by atoms with E-state index in [1.54, 1.807) is 7.11 Å². The van der Waals surface area contributed by atoms with E-state index < -0.39 is 0 Å². The van der Waals surface area contributed by atoms with Crippen LogP contribution < -0.4 is 5.32 Å². The van der Waals surface area contributed by atoms with Crippen LogP contribution in [0.5, 0.6) is 0 Å². The maximum atomic E-state index is 5.46. The summed E-state index contributed by atoms with van der Waals surface area (Å²) in [4.78, 5) is 0. The van der Waals surface area contributed by atoms with Gasteiger partial charge < -0.3 is 19.5 Å². The van der Waals surface area contributed by atoms with Crippen LogP contribution in [0.4, 0.5) is 0 Å². The fourth-order valence-electron chi connectivity index (χ4n) is 1.73. The first-order chi connectivity index (χ1) is 9.86. The molecule has 0 saturated carbocycles. The van der Waals surface area contributed by atoms with Gasteiger partial charge in [-0.2, -0.15) is 0 Å². The number of aryl methyl sites for hydroxylation is 1. The maximum absolute atomic E-state index is 5.46. The van der Waals surface area contributed by atoms with Crippen molar-refractivity contribution in [2.75, 3.05) is 46.7 Å². The lowest BCUT2D eigenvalue weighted by molar-refractivity contribution is 0.0255. The number of rotatable bonds is 12. The predicted octanol–water partition coefficient (Wildman–Crippen LogP) is 2.26. The number of hydrogen-bond donors (Lipinski definition) is 1. The second-order valence-corrected chi connectivity index (χ2v) is 4.56. The molecule has 0 aliphatic rings. The molecular formula is C16H29NO3. The van der Waals surface area contributed by atoms with Crippen molar-refractivity contribution < 1.29 is 15.6 Å². The second kappa shape index (κ2) is 11.9. The molecule has 116 valence electrons. The summed E-state index contributed by atoms with van der Waals surface area (Å²) in [5.41, 5.74) is 2.69. The Kier molecular flexibility index (Phi) is 10.1. The molecule has 4 nitrogen and oxygen atoms in total. The highest BCUT2D eigenvalue weighted by Crippen LogP contribution is 2.04. The van der Waals surface area contributed by atoms with Gasteiger partial charge in [-0.15, -0.1) is 0 Å². The minimum Gasteiger partial charge on any atom is -0.382 e. The molecule has 0 aliphatic carbocycles. The summed E-state index contributed by atoms with van der Waals surface area (Å²) in [7, 11) is 1.67. The van der Waals surface area contributed by atoms with E-state index in [4.69, 9.17) is 14.2 Å². The third-order valence-electron chi connectivity index (χ3n) is 2.99. The summed E-state index contributed by atoms with van der Waals surface area (Å²) < 4.78 is 15.6.